The quantitative estimate of drug-likeness (QED) is 0.716. The monoisotopic (exact) mass is 413 g/mol. The summed E-state index contributed by atoms with van der Waals surface area (Å²) in [5.41, 5.74) is 2.32. The van der Waals surface area contributed by atoms with Crippen molar-refractivity contribution in [1.29, 1.82) is 0 Å². The average molecular weight is 414 g/mol. The van der Waals surface area contributed by atoms with Crippen molar-refractivity contribution < 1.29 is 14.3 Å². The van der Waals surface area contributed by atoms with E-state index in [-0.39, 0.29) is 5.11 Å². The fourth-order valence-electron chi connectivity index (χ4n) is 3.62. The highest BCUT2D eigenvalue weighted by Gasteiger charge is 2.20. The van der Waals surface area contributed by atoms with Crippen molar-refractivity contribution in [2.45, 2.75) is 32.2 Å². The molecular weight excluding hydrogens is 386 g/mol. The molecular formula is C22H27N3O3S. The summed E-state index contributed by atoms with van der Waals surface area (Å²) in [6.07, 6.45) is 3.75. The van der Waals surface area contributed by atoms with Crippen LogP contribution in [0.5, 0.6) is 11.5 Å². The van der Waals surface area contributed by atoms with Crippen molar-refractivity contribution in [3.63, 3.8) is 0 Å². The largest absolute Gasteiger partial charge is 0.496 e. The Bertz CT molecular complexity index is 848. The number of anilines is 2. The Hall–Kier alpha value is -2.80. The van der Waals surface area contributed by atoms with Gasteiger partial charge in [0.05, 0.1) is 14.2 Å². The Morgan fingerprint density at radius 2 is 1.72 bits per heavy atom. The molecule has 0 aromatic heterocycles. The number of carbonyl (C=O) groups excluding carboxylic acids is 1. The third kappa shape index (κ3) is 4.98. The zero-order chi connectivity index (χ0) is 20.8. The van der Waals surface area contributed by atoms with Crippen LogP contribution in [0.4, 0.5) is 11.4 Å². The first-order chi connectivity index (χ1) is 14.0. The maximum Gasteiger partial charge on any atom is 0.264 e. The number of nitrogens with one attached hydrogen (secondary N) is 2. The topological polar surface area (TPSA) is 62.8 Å². The average Bonchev–Trinajstić information content (AvgIpc) is 2.74. The van der Waals surface area contributed by atoms with E-state index in [1.54, 1.807) is 18.2 Å². The van der Waals surface area contributed by atoms with Gasteiger partial charge < -0.3 is 19.7 Å². The van der Waals surface area contributed by atoms with E-state index in [1.165, 1.54) is 39.2 Å². The smallest absolute Gasteiger partial charge is 0.264 e. The molecule has 2 N–H and O–H groups in total. The maximum absolute atomic E-state index is 12.7. The summed E-state index contributed by atoms with van der Waals surface area (Å²) in [5, 5.41) is 5.96. The fourth-order valence-corrected chi connectivity index (χ4v) is 3.83. The predicted octanol–water partition coefficient (Wildman–Crippen LogP) is 4.21. The first-order valence-electron chi connectivity index (χ1n) is 9.73. The number of rotatable bonds is 5. The number of thiocarbonyl (C=S) groups is 1. The Balaban J connectivity index is 1.64. The Morgan fingerprint density at radius 1 is 1.07 bits per heavy atom. The molecule has 0 unspecified atom stereocenters. The van der Waals surface area contributed by atoms with Crippen molar-refractivity contribution in [3.05, 3.63) is 48.0 Å². The molecule has 0 bridgehead atoms. The van der Waals surface area contributed by atoms with Crippen LogP contribution in [0.25, 0.3) is 0 Å². The molecule has 0 aliphatic carbocycles. The van der Waals surface area contributed by atoms with Crippen molar-refractivity contribution >= 4 is 34.6 Å². The minimum atomic E-state index is -0.393. The lowest BCUT2D eigenvalue weighted by Gasteiger charge is -2.35. The van der Waals surface area contributed by atoms with Crippen LogP contribution in [0.15, 0.2) is 42.5 Å². The van der Waals surface area contributed by atoms with Gasteiger partial charge in [0.25, 0.3) is 5.91 Å². The summed E-state index contributed by atoms with van der Waals surface area (Å²) in [6.45, 7) is 3.35. The third-order valence-corrected chi connectivity index (χ3v) is 5.35. The molecule has 1 amide bonds. The number of amides is 1. The Labute approximate surface area is 177 Å². The zero-order valence-electron chi connectivity index (χ0n) is 17.0. The van der Waals surface area contributed by atoms with E-state index in [0.29, 0.717) is 23.1 Å². The van der Waals surface area contributed by atoms with Crippen molar-refractivity contribution in [3.8, 4) is 11.5 Å². The molecule has 1 aliphatic heterocycles. The minimum absolute atomic E-state index is 0.210. The first-order valence-corrected chi connectivity index (χ1v) is 10.1. The van der Waals surface area contributed by atoms with E-state index in [2.05, 4.69) is 34.6 Å². The molecule has 154 valence electrons. The molecule has 0 radical (unpaired) electrons. The van der Waals surface area contributed by atoms with Gasteiger partial charge in [-0.25, -0.2) is 0 Å². The van der Waals surface area contributed by atoms with E-state index in [9.17, 15) is 4.79 Å². The van der Waals surface area contributed by atoms with Gasteiger partial charge in [-0.2, -0.15) is 0 Å². The Morgan fingerprint density at radius 3 is 2.31 bits per heavy atom. The second-order valence-electron chi connectivity index (χ2n) is 7.03. The number of hydrogen-bond donors (Lipinski definition) is 2. The number of nitrogens with zero attached hydrogens (tertiary/aromatic N) is 1. The van der Waals surface area contributed by atoms with Gasteiger partial charge in [0.2, 0.25) is 0 Å². The van der Waals surface area contributed by atoms with Crippen LogP contribution >= 0.6 is 12.2 Å². The molecule has 3 rings (SSSR count). The molecule has 6 nitrogen and oxygen atoms in total. The molecule has 1 aliphatic rings. The van der Waals surface area contributed by atoms with Crippen molar-refractivity contribution in [2.24, 2.45) is 0 Å². The summed E-state index contributed by atoms with van der Waals surface area (Å²) in [7, 11) is 3.01. The lowest BCUT2D eigenvalue weighted by atomic mass is 10.0. The molecule has 0 spiro atoms. The lowest BCUT2D eigenvalue weighted by Crippen LogP contribution is -2.37. The number of benzene rings is 2. The van der Waals surface area contributed by atoms with Crippen molar-refractivity contribution in [1.82, 2.24) is 5.32 Å². The molecule has 1 atom stereocenters. The van der Waals surface area contributed by atoms with Crippen LogP contribution in [-0.4, -0.2) is 37.8 Å². The number of carbonyl (C=O) groups is 1. The van der Waals surface area contributed by atoms with Gasteiger partial charge in [0.15, 0.2) is 5.11 Å². The van der Waals surface area contributed by atoms with Crippen LogP contribution in [0, 0.1) is 0 Å². The summed E-state index contributed by atoms with van der Waals surface area (Å²) in [5.74, 6) is 0.449. The Kier molecular flexibility index (Phi) is 6.93. The highest BCUT2D eigenvalue weighted by atomic mass is 32.1. The minimum Gasteiger partial charge on any atom is -0.496 e. The number of hydrogen-bond acceptors (Lipinski definition) is 5. The molecule has 1 heterocycles. The fraction of sp³-hybridized carbons (Fsp3) is 0.364. The van der Waals surface area contributed by atoms with E-state index >= 15 is 0 Å². The van der Waals surface area contributed by atoms with Crippen molar-refractivity contribution in [2.75, 3.05) is 31.0 Å². The van der Waals surface area contributed by atoms with Gasteiger partial charge in [-0.1, -0.05) is 6.07 Å². The van der Waals surface area contributed by atoms with E-state index in [1.807, 2.05) is 12.1 Å². The zero-order valence-corrected chi connectivity index (χ0v) is 17.8. The van der Waals surface area contributed by atoms with E-state index in [4.69, 9.17) is 21.7 Å². The third-order valence-electron chi connectivity index (χ3n) is 5.14. The lowest BCUT2D eigenvalue weighted by molar-refractivity contribution is 0.0971. The summed E-state index contributed by atoms with van der Waals surface area (Å²) in [6, 6.07) is 13.8. The summed E-state index contributed by atoms with van der Waals surface area (Å²) >= 11 is 5.31. The number of piperidine rings is 1. The maximum atomic E-state index is 12.7. The van der Waals surface area contributed by atoms with E-state index in [0.717, 1.165) is 12.2 Å². The predicted molar refractivity (Wildman–Crippen MR) is 120 cm³/mol. The molecule has 1 fully saturated rings. The van der Waals surface area contributed by atoms with Gasteiger partial charge in [0.1, 0.15) is 17.1 Å². The second kappa shape index (κ2) is 9.60. The first kappa shape index (κ1) is 20.9. The molecule has 7 heteroatoms. The highest BCUT2D eigenvalue weighted by molar-refractivity contribution is 7.80. The molecule has 2 aromatic rings. The SMILES string of the molecule is COc1cccc(OC)c1C(=O)NC(=S)Nc1ccc(N2CCCC[C@H]2C)cc1. The highest BCUT2D eigenvalue weighted by Crippen LogP contribution is 2.28. The second-order valence-corrected chi connectivity index (χ2v) is 7.44. The van der Waals surface area contributed by atoms with Crippen LogP contribution in [0.2, 0.25) is 0 Å². The van der Waals surface area contributed by atoms with E-state index < -0.39 is 5.91 Å². The number of methoxy groups -OCH3 is 2. The van der Waals surface area contributed by atoms with Crippen LogP contribution in [0.1, 0.15) is 36.5 Å². The molecule has 29 heavy (non-hydrogen) atoms. The van der Waals surface area contributed by atoms with Gasteiger partial charge in [-0.05, 0) is 74.8 Å². The summed E-state index contributed by atoms with van der Waals surface area (Å²) in [4.78, 5) is 15.1. The summed E-state index contributed by atoms with van der Waals surface area (Å²) < 4.78 is 10.6. The van der Waals surface area contributed by atoms with Gasteiger partial charge in [-0.15, -0.1) is 0 Å². The molecule has 0 saturated carbocycles. The van der Waals surface area contributed by atoms with Crippen LogP contribution < -0.4 is 25.0 Å². The van der Waals surface area contributed by atoms with Crippen LogP contribution in [0.3, 0.4) is 0 Å². The molecule has 1 saturated heterocycles. The normalized spacial score (nSPS) is 16.1. The molecule has 2 aromatic carbocycles. The van der Waals surface area contributed by atoms with Crippen LogP contribution in [-0.2, 0) is 0 Å². The van der Waals surface area contributed by atoms with Gasteiger partial charge >= 0.3 is 0 Å². The van der Waals surface area contributed by atoms with Gasteiger partial charge in [-0.3, -0.25) is 10.1 Å². The van der Waals surface area contributed by atoms with Gasteiger partial charge in [0, 0.05) is 24.0 Å². The number of ether oxygens (including phenoxy) is 2. The standard InChI is InChI=1S/C22H27N3O3S/c1-15-7-4-5-14-25(15)17-12-10-16(11-13-17)23-22(29)24-21(26)20-18(27-2)8-6-9-19(20)28-3/h6,8-13,15H,4-5,7,14H2,1-3H3,(H2,23,24,26,29)/t15-/m1/s1.